The summed E-state index contributed by atoms with van der Waals surface area (Å²) in [4.78, 5) is 0. The first-order valence-electron chi connectivity index (χ1n) is 9.32. The number of hydrogen-bond acceptors (Lipinski definition) is 5. The fourth-order valence-corrected chi connectivity index (χ4v) is 3.35. The molecule has 0 heterocycles. The number of halogens is 1. The van der Waals surface area contributed by atoms with Gasteiger partial charge in [-0.15, -0.1) is 6.58 Å². The second kappa shape index (κ2) is 12.4. The first-order chi connectivity index (χ1) is 14.4. The molecule has 2 rings (SSSR count). The third kappa shape index (κ3) is 7.49. The molecule has 0 aliphatic heterocycles. The molecule has 0 spiro atoms. The Labute approximate surface area is 196 Å². The third-order valence-electron chi connectivity index (χ3n) is 4.12. The van der Waals surface area contributed by atoms with Crippen LogP contribution in [-0.4, -0.2) is 38.2 Å². The van der Waals surface area contributed by atoms with E-state index in [-0.39, 0.29) is 0 Å². The van der Waals surface area contributed by atoms with E-state index in [0.717, 1.165) is 14.9 Å². The van der Waals surface area contributed by atoms with Crippen molar-refractivity contribution in [3.8, 4) is 17.2 Å². The highest BCUT2D eigenvalue weighted by Gasteiger charge is 2.11. The highest BCUT2D eigenvalue weighted by molar-refractivity contribution is 14.1. The maximum absolute atomic E-state index is 5.92. The van der Waals surface area contributed by atoms with Crippen LogP contribution in [0.15, 0.2) is 48.1 Å². The van der Waals surface area contributed by atoms with Gasteiger partial charge < -0.3 is 19.5 Å². The highest BCUT2D eigenvalue weighted by Crippen LogP contribution is 2.33. The topological polar surface area (TPSA) is 64.1 Å². The van der Waals surface area contributed by atoms with Crippen molar-refractivity contribution in [3.05, 3.63) is 63.2 Å². The molecule has 2 aromatic rings. The van der Waals surface area contributed by atoms with E-state index in [9.17, 15) is 0 Å². The first kappa shape index (κ1) is 23.9. The van der Waals surface area contributed by atoms with Crippen LogP contribution in [-0.2, 0) is 0 Å². The Morgan fingerprint density at radius 3 is 2.63 bits per heavy atom. The van der Waals surface area contributed by atoms with Crippen molar-refractivity contribution in [3.63, 3.8) is 0 Å². The van der Waals surface area contributed by atoms with Crippen molar-refractivity contribution in [1.82, 2.24) is 10.7 Å². The molecule has 0 bridgehead atoms. The van der Waals surface area contributed by atoms with E-state index in [1.807, 2.05) is 24.3 Å². The molecule has 0 amide bonds. The molecule has 0 unspecified atom stereocenters. The smallest absolute Gasteiger partial charge is 0.187 e. The van der Waals surface area contributed by atoms with Crippen molar-refractivity contribution in [2.24, 2.45) is 5.10 Å². The summed E-state index contributed by atoms with van der Waals surface area (Å²) in [5, 5.41) is 7.50. The van der Waals surface area contributed by atoms with Crippen LogP contribution in [0.3, 0.4) is 0 Å². The van der Waals surface area contributed by atoms with E-state index in [2.05, 4.69) is 64.9 Å². The normalized spacial score (nSPS) is 10.5. The number of nitrogens with zero attached hydrogens (tertiary/aromatic N) is 1. The fourth-order valence-electron chi connectivity index (χ4n) is 2.43. The van der Waals surface area contributed by atoms with Crippen LogP contribution < -0.4 is 25.0 Å². The summed E-state index contributed by atoms with van der Waals surface area (Å²) in [7, 11) is 1.61. The molecule has 6 nitrogen and oxygen atoms in total. The lowest BCUT2D eigenvalue weighted by atomic mass is 10.1. The van der Waals surface area contributed by atoms with Crippen LogP contribution in [0, 0.1) is 17.4 Å². The van der Waals surface area contributed by atoms with Crippen molar-refractivity contribution in [2.75, 3.05) is 26.9 Å². The summed E-state index contributed by atoms with van der Waals surface area (Å²) >= 11 is 7.31. The summed E-state index contributed by atoms with van der Waals surface area (Å²) in [5.41, 5.74) is 6.05. The number of rotatable bonds is 10. The average molecular weight is 539 g/mol. The second-order valence-corrected chi connectivity index (χ2v) is 7.92. The first-order valence-corrected chi connectivity index (χ1v) is 10.8. The molecule has 0 atom stereocenters. The van der Waals surface area contributed by atoms with Gasteiger partial charge in [0.15, 0.2) is 16.6 Å². The van der Waals surface area contributed by atoms with Crippen molar-refractivity contribution in [2.45, 2.75) is 13.8 Å². The van der Waals surface area contributed by atoms with Gasteiger partial charge in [0.25, 0.3) is 0 Å². The van der Waals surface area contributed by atoms with Gasteiger partial charge in [-0.05, 0) is 89.6 Å². The summed E-state index contributed by atoms with van der Waals surface area (Å²) in [5.74, 6) is 2.14. The van der Waals surface area contributed by atoms with Crippen LogP contribution in [0.2, 0.25) is 0 Å². The largest absolute Gasteiger partial charge is 0.493 e. The molecule has 30 heavy (non-hydrogen) atoms. The molecule has 0 saturated carbocycles. The summed E-state index contributed by atoms with van der Waals surface area (Å²) in [6, 6.07) is 9.85. The fraction of sp³-hybridized carbons (Fsp3) is 0.273. The molecule has 160 valence electrons. The van der Waals surface area contributed by atoms with E-state index in [4.69, 9.17) is 26.4 Å². The molecule has 0 radical (unpaired) electrons. The van der Waals surface area contributed by atoms with E-state index in [1.54, 1.807) is 19.4 Å². The van der Waals surface area contributed by atoms with E-state index in [1.165, 1.54) is 11.1 Å². The molecule has 0 aliphatic carbocycles. The lowest BCUT2D eigenvalue weighted by Gasteiger charge is -2.14. The summed E-state index contributed by atoms with van der Waals surface area (Å²) in [6.07, 6.45) is 3.38. The standard InChI is InChI=1S/C22H26IN3O3S/c1-5-8-24-22(30)26-25-14-17-12-19(23)21(20(13-17)27-4)29-10-9-28-18-7-6-15(2)16(3)11-18/h5-7,11-14H,1,8-10H2,2-4H3,(H2,24,26,30)/b25-14-. The zero-order valence-corrected chi connectivity index (χ0v) is 20.3. The molecular formula is C22H26IN3O3S. The number of hydrogen-bond donors (Lipinski definition) is 2. The summed E-state index contributed by atoms with van der Waals surface area (Å²) in [6.45, 7) is 9.18. The number of nitrogens with one attached hydrogen (secondary N) is 2. The number of aryl methyl sites for hydroxylation is 2. The Hall–Kier alpha value is -2.33. The Bertz CT molecular complexity index is 919. The number of benzene rings is 2. The number of methoxy groups -OCH3 is 1. The van der Waals surface area contributed by atoms with Crippen molar-refractivity contribution >= 4 is 46.1 Å². The zero-order chi connectivity index (χ0) is 21.9. The second-order valence-electron chi connectivity index (χ2n) is 6.35. The molecule has 0 aromatic heterocycles. The monoisotopic (exact) mass is 539 g/mol. The zero-order valence-electron chi connectivity index (χ0n) is 17.3. The molecular weight excluding hydrogens is 513 g/mol. The average Bonchev–Trinajstić information content (AvgIpc) is 2.72. The van der Waals surface area contributed by atoms with E-state index in [0.29, 0.717) is 36.4 Å². The summed E-state index contributed by atoms with van der Waals surface area (Å²) < 4.78 is 18.1. The Balaban J connectivity index is 1.93. The van der Waals surface area contributed by atoms with Crippen LogP contribution in [0.5, 0.6) is 17.2 Å². The number of hydrazone groups is 1. The molecule has 0 saturated heterocycles. The van der Waals surface area contributed by atoms with Crippen molar-refractivity contribution in [1.29, 1.82) is 0 Å². The van der Waals surface area contributed by atoms with Gasteiger partial charge in [-0.1, -0.05) is 12.1 Å². The van der Waals surface area contributed by atoms with Crippen LogP contribution in [0.1, 0.15) is 16.7 Å². The minimum Gasteiger partial charge on any atom is -0.493 e. The molecule has 0 aliphatic rings. The van der Waals surface area contributed by atoms with Gasteiger partial charge >= 0.3 is 0 Å². The van der Waals surface area contributed by atoms with E-state index < -0.39 is 0 Å². The lowest BCUT2D eigenvalue weighted by molar-refractivity contribution is 0.210. The van der Waals surface area contributed by atoms with Crippen LogP contribution >= 0.6 is 34.8 Å². The van der Waals surface area contributed by atoms with Gasteiger partial charge in [-0.2, -0.15) is 5.10 Å². The van der Waals surface area contributed by atoms with E-state index >= 15 is 0 Å². The van der Waals surface area contributed by atoms with Crippen LogP contribution in [0.4, 0.5) is 0 Å². The number of thiocarbonyl (C=S) groups is 1. The Morgan fingerprint density at radius 1 is 1.17 bits per heavy atom. The molecule has 2 N–H and O–H groups in total. The SMILES string of the molecule is C=CCNC(=S)N/N=C\c1cc(I)c(OCCOc2ccc(C)c(C)c2)c(OC)c1. The van der Waals surface area contributed by atoms with Crippen LogP contribution in [0.25, 0.3) is 0 Å². The maximum atomic E-state index is 5.92. The predicted octanol–water partition coefficient (Wildman–Crippen LogP) is 4.36. The van der Waals surface area contributed by atoms with Gasteiger partial charge in [-0.3, -0.25) is 5.43 Å². The quantitative estimate of drug-likeness (QED) is 0.117. The molecule has 2 aromatic carbocycles. The van der Waals surface area contributed by atoms with Gasteiger partial charge in [-0.25, -0.2) is 0 Å². The minimum absolute atomic E-state index is 0.400. The maximum Gasteiger partial charge on any atom is 0.187 e. The number of ether oxygens (including phenoxy) is 3. The lowest BCUT2D eigenvalue weighted by Crippen LogP contribution is -2.31. The Morgan fingerprint density at radius 2 is 1.93 bits per heavy atom. The van der Waals surface area contributed by atoms with Gasteiger partial charge in [0.1, 0.15) is 19.0 Å². The highest BCUT2D eigenvalue weighted by atomic mass is 127. The van der Waals surface area contributed by atoms with Gasteiger partial charge in [0.2, 0.25) is 0 Å². The van der Waals surface area contributed by atoms with Gasteiger partial charge in [0, 0.05) is 6.54 Å². The molecule has 8 heteroatoms. The van der Waals surface area contributed by atoms with Gasteiger partial charge in [0.05, 0.1) is 16.9 Å². The third-order valence-corrected chi connectivity index (χ3v) is 5.15. The Kier molecular flexibility index (Phi) is 9.88. The molecule has 0 fully saturated rings. The predicted molar refractivity (Wildman–Crippen MR) is 134 cm³/mol. The minimum atomic E-state index is 0.400. The van der Waals surface area contributed by atoms with Crippen molar-refractivity contribution < 1.29 is 14.2 Å².